The number of aldehydes is 1. The molecule has 0 bridgehead atoms. The second-order valence-corrected chi connectivity index (χ2v) is 6.01. The first kappa shape index (κ1) is 11.9. The molecular weight excluding hydrogens is 196 g/mol. The van der Waals surface area contributed by atoms with E-state index in [4.69, 9.17) is 0 Å². The largest absolute Gasteiger partial charge is 0.303 e. The maximum Gasteiger partial charge on any atom is 0.123 e. The van der Waals surface area contributed by atoms with Crippen LogP contribution < -0.4 is 0 Å². The molecule has 2 rings (SSSR count). The SMILES string of the molecule is CC1=CC2C(CC1)[C@H](C)CC[C@H]2[C@@H](C)C=O. The van der Waals surface area contributed by atoms with Crippen LogP contribution in [0.3, 0.4) is 0 Å². The van der Waals surface area contributed by atoms with Gasteiger partial charge in [0.05, 0.1) is 0 Å². The minimum Gasteiger partial charge on any atom is -0.303 e. The molecule has 0 aromatic carbocycles. The smallest absolute Gasteiger partial charge is 0.123 e. The molecule has 1 nitrogen and oxygen atoms in total. The van der Waals surface area contributed by atoms with E-state index in [1.807, 2.05) is 0 Å². The molecule has 90 valence electrons. The third-order valence-corrected chi connectivity index (χ3v) is 4.91. The van der Waals surface area contributed by atoms with Crippen LogP contribution in [0.25, 0.3) is 0 Å². The van der Waals surface area contributed by atoms with Crippen LogP contribution >= 0.6 is 0 Å². The Morgan fingerprint density at radius 1 is 1.38 bits per heavy atom. The number of carbonyl (C=O) groups excluding carboxylic acids is 1. The van der Waals surface area contributed by atoms with Gasteiger partial charge in [-0.05, 0) is 49.9 Å². The van der Waals surface area contributed by atoms with Crippen molar-refractivity contribution in [2.75, 3.05) is 0 Å². The topological polar surface area (TPSA) is 17.1 Å². The average Bonchev–Trinajstić information content (AvgIpc) is 2.28. The first-order valence-electron chi connectivity index (χ1n) is 6.76. The molecule has 5 atom stereocenters. The summed E-state index contributed by atoms with van der Waals surface area (Å²) in [5.74, 6) is 3.21. The van der Waals surface area contributed by atoms with E-state index >= 15 is 0 Å². The van der Waals surface area contributed by atoms with Crippen LogP contribution in [0.4, 0.5) is 0 Å². The molecule has 0 aliphatic heterocycles. The Bertz CT molecular complexity index is 292. The lowest BCUT2D eigenvalue weighted by Gasteiger charge is -2.44. The predicted octanol–water partition coefficient (Wildman–Crippen LogP) is 3.84. The van der Waals surface area contributed by atoms with Crippen LogP contribution in [0, 0.1) is 29.6 Å². The molecule has 1 fully saturated rings. The number of allylic oxidation sites excluding steroid dienone is 2. The molecule has 16 heavy (non-hydrogen) atoms. The minimum absolute atomic E-state index is 0.238. The third-order valence-electron chi connectivity index (χ3n) is 4.91. The van der Waals surface area contributed by atoms with Crippen molar-refractivity contribution in [1.29, 1.82) is 0 Å². The standard InChI is InChI=1S/C15H24O/c1-10-4-6-13-11(2)5-7-14(12(3)9-16)15(13)8-10/h8-9,11-15H,4-7H2,1-3H3/t11-,12+,13?,14+,15?/m1/s1. The lowest BCUT2D eigenvalue weighted by molar-refractivity contribution is -0.113. The highest BCUT2D eigenvalue weighted by atomic mass is 16.1. The summed E-state index contributed by atoms with van der Waals surface area (Å²) >= 11 is 0. The Morgan fingerprint density at radius 2 is 2.12 bits per heavy atom. The number of hydrogen-bond acceptors (Lipinski definition) is 1. The normalized spacial score (nSPS) is 40.8. The van der Waals surface area contributed by atoms with E-state index in [1.165, 1.54) is 25.7 Å². The molecular formula is C15H24O. The lowest BCUT2D eigenvalue weighted by atomic mass is 9.60. The van der Waals surface area contributed by atoms with Crippen molar-refractivity contribution in [2.45, 2.75) is 46.5 Å². The van der Waals surface area contributed by atoms with Gasteiger partial charge < -0.3 is 4.79 Å². The fraction of sp³-hybridized carbons (Fsp3) is 0.800. The Kier molecular flexibility index (Phi) is 3.51. The van der Waals surface area contributed by atoms with Crippen molar-refractivity contribution in [3.05, 3.63) is 11.6 Å². The summed E-state index contributed by atoms with van der Waals surface area (Å²) in [6.45, 7) is 6.74. The van der Waals surface area contributed by atoms with Gasteiger partial charge >= 0.3 is 0 Å². The van der Waals surface area contributed by atoms with E-state index in [-0.39, 0.29) is 5.92 Å². The summed E-state index contributed by atoms with van der Waals surface area (Å²) in [7, 11) is 0. The first-order valence-corrected chi connectivity index (χ1v) is 6.76. The van der Waals surface area contributed by atoms with Crippen LogP contribution in [-0.2, 0) is 4.79 Å². The van der Waals surface area contributed by atoms with E-state index in [0.717, 1.165) is 18.1 Å². The van der Waals surface area contributed by atoms with Gasteiger partial charge in [-0.1, -0.05) is 31.9 Å². The fourth-order valence-electron chi connectivity index (χ4n) is 3.80. The van der Waals surface area contributed by atoms with Gasteiger partial charge in [0, 0.05) is 5.92 Å². The molecule has 2 unspecified atom stereocenters. The van der Waals surface area contributed by atoms with Gasteiger partial charge in [-0.25, -0.2) is 0 Å². The van der Waals surface area contributed by atoms with E-state index in [2.05, 4.69) is 26.8 Å². The van der Waals surface area contributed by atoms with Gasteiger partial charge in [-0.15, -0.1) is 0 Å². The predicted molar refractivity (Wildman–Crippen MR) is 67.1 cm³/mol. The summed E-state index contributed by atoms with van der Waals surface area (Å²) in [6, 6.07) is 0. The maximum absolute atomic E-state index is 11.0. The van der Waals surface area contributed by atoms with Crippen LogP contribution in [-0.4, -0.2) is 6.29 Å². The summed E-state index contributed by atoms with van der Waals surface area (Å²) in [6.07, 6.45) is 8.82. The number of rotatable bonds is 2. The number of fused-ring (bicyclic) bond motifs is 1. The second-order valence-electron chi connectivity index (χ2n) is 6.01. The van der Waals surface area contributed by atoms with Gasteiger partial charge in [0.2, 0.25) is 0 Å². The zero-order valence-electron chi connectivity index (χ0n) is 10.8. The second kappa shape index (κ2) is 4.73. The fourth-order valence-corrected chi connectivity index (χ4v) is 3.80. The zero-order chi connectivity index (χ0) is 11.7. The highest BCUT2D eigenvalue weighted by Gasteiger charge is 2.39. The lowest BCUT2D eigenvalue weighted by Crippen LogP contribution is -2.37. The zero-order valence-corrected chi connectivity index (χ0v) is 10.8. The molecule has 0 aromatic rings. The number of carbonyl (C=O) groups is 1. The van der Waals surface area contributed by atoms with Gasteiger partial charge in [0.1, 0.15) is 6.29 Å². The third kappa shape index (κ3) is 2.09. The molecule has 0 heterocycles. The van der Waals surface area contributed by atoms with E-state index in [0.29, 0.717) is 11.8 Å². The Hall–Kier alpha value is -0.590. The molecule has 0 aromatic heterocycles. The summed E-state index contributed by atoms with van der Waals surface area (Å²) in [5.41, 5.74) is 1.54. The number of hydrogen-bond donors (Lipinski definition) is 0. The van der Waals surface area contributed by atoms with E-state index < -0.39 is 0 Å². The van der Waals surface area contributed by atoms with Crippen LogP contribution in [0.5, 0.6) is 0 Å². The average molecular weight is 220 g/mol. The molecule has 1 heteroatoms. The van der Waals surface area contributed by atoms with Crippen LogP contribution in [0.1, 0.15) is 46.5 Å². The molecule has 2 aliphatic carbocycles. The van der Waals surface area contributed by atoms with Crippen molar-refractivity contribution in [3.8, 4) is 0 Å². The Morgan fingerprint density at radius 3 is 2.81 bits per heavy atom. The van der Waals surface area contributed by atoms with Gasteiger partial charge in [-0.2, -0.15) is 0 Å². The van der Waals surface area contributed by atoms with Gasteiger partial charge in [0.25, 0.3) is 0 Å². The van der Waals surface area contributed by atoms with Crippen molar-refractivity contribution in [3.63, 3.8) is 0 Å². The van der Waals surface area contributed by atoms with Crippen LogP contribution in [0.15, 0.2) is 11.6 Å². The Labute approximate surface area is 99.3 Å². The highest BCUT2D eigenvalue weighted by molar-refractivity contribution is 5.53. The quantitative estimate of drug-likeness (QED) is 0.510. The van der Waals surface area contributed by atoms with E-state index in [1.54, 1.807) is 5.57 Å². The summed E-state index contributed by atoms with van der Waals surface area (Å²) in [5, 5.41) is 0. The maximum atomic E-state index is 11.0. The van der Waals surface area contributed by atoms with Crippen molar-refractivity contribution in [2.24, 2.45) is 29.6 Å². The summed E-state index contributed by atoms with van der Waals surface area (Å²) in [4.78, 5) is 11.0. The molecule has 2 aliphatic rings. The van der Waals surface area contributed by atoms with Gasteiger partial charge in [0.15, 0.2) is 0 Å². The van der Waals surface area contributed by atoms with Crippen molar-refractivity contribution in [1.82, 2.24) is 0 Å². The Balaban J connectivity index is 2.21. The summed E-state index contributed by atoms with van der Waals surface area (Å²) < 4.78 is 0. The van der Waals surface area contributed by atoms with E-state index in [9.17, 15) is 4.79 Å². The molecule has 0 amide bonds. The van der Waals surface area contributed by atoms with Gasteiger partial charge in [-0.3, -0.25) is 0 Å². The molecule has 0 spiro atoms. The van der Waals surface area contributed by atoms with Crippen molar-refractivity contribution >= 4 is 6.29 Å². The highest BCUT2D eigenvalue weighted by Crippen LogP contribution is 2.47. The minimum atomic E-state index is 0.238. The molecule has 0 saturated heterocycles. The molecule has 0 radical (unpaired) electrons. The molecule has 0 N–H and O–H groups in total. The van der Waals surface area contributed by atoms with Crippen molar-refractivity contribution < 1.29 is 4.79 Å². The monoisotopic (exact) mass is 220 g/mol. The van der Waals surface area contributed by atoms with Crippen LogP contribution in [0.2, 0.25) is 0 Å². The first-order chi connectivity index (χ1) is 7.63. The molecule has 1 saturated carbocycles.